The van der Waals surface area contributed by atoms with Crippen LogP contribution in [0.1, 0.15) is 18.4 Å². The number of carbonyl (C=O) groups excluding carboxylic acids is 1. The minimum atomic E-state index is -3.60. The summed E-state index contributed by atoms with van der Waals surface area (Å²) in [6.07, 6.45) is 1.29. The van der Waals surface area contributed by atoms with Gasteiger partial charge in [0.25, 0.3) is 0 Å². The second kappa shape index (κ2) is 7.78. The number of sulfonamides is 1. The van der Waals surface area contributed by atoms with E-state index < -0.39 is 15.9 Å². The van der Waals surface area contributed by atoms with E-state index in [9.17, 15) is 13.2 Å². The molecule has 1 heterocycles. The number of anilines is 1. The van der Waals surface area contributed by atoms with Crippen LogP contribution in [0.5, 0.6) is 0 Å². The van der Waals surface area contributed by atoms with Crippen molar-refractivity contribution in [2.75, 3.05) is 18.4 Å². The molecular formula is C19H21ClN2O3S. The molecule has 0 saturated carbocycles. The van der Waals surface area contributed by atoms with Crippen molar-refractivity contribution in [2.45, 2.75) is 24.7 Å². The van der Waals surface area contributed by atoms with E-state index in [4.69, 9.17) is 11.6 Å². The van der Waals surface area contributed by atoms with Crippen LogP contribution in [0.15, 0.2) is 53.4 Å². The molecule has 0 radical (unpaired) electrons. The average Bonchev–Trinajstić information content (AvgIpc) is 2.64. The lowest BCUT2D eigenvalue weighted by Gasteiger charge is -2.31. The summed E-state index contributed by atoms with van der Waals surface area (Å²) in [5, 5.41) is 3.27. The minimum absolute atomic E-state index is 0.173. The fraction of sp³-hybridized carbons (Fsp3) is 0.316. The van der Waals surface area contributed by atoms with Crippen molar-refractivity contribution in [2.24, 2.45) is 5.92 Å². The molecule has 1 amide bonds. The third-order valence-corrected chi connectivity index (χ3v) is 6.75. The first-order chi connectivity index (χ1) is 12.4. The van der Waals surface area contributed by atoms with Crippen molar-refractivity contribution in [3.8, 4) is 0 Å². The molecule has 2 aromatic rings. The first-order valence-corrected chi connectivity index (χ1v) is 10.3. The second-order valence-electron chi connectivity index (χ2n) is 6.48. The van der Waals surface area contributed by atoms with Crippen molar-refractivity contribution in [1.29, 1.82) is 0 Å². The van der Waals surface area contributed by atoms with Crippen LogP contribution >= 0.6 is 11.6 Å². The van der Waals surface area contributed by atoms with Gasteiger partial charge >= 0.3 is 0 Å². The van der Waals surface area contributed by atoms with Gasteiger partial charge in [0.15, 0.2) is 0 Å². The number of halogens is 1. The Bertz CT molecular complexity index is 897. The first-order valence-electron chi connectivity index (χ1n) is 8.50. The maximum Gasteiger partial charge on any atom is 0.243 e. The number of amides is 1. The van der Waals surface area contributed by atoms with E-state index in [2.05, 4.69) is 5.32 Å². The molecule has 1 unspecified atom stereocenters. The second-order valence-corrected chi connectivity index (χ2v) is 8.83. The summed E-state index contributed by atoms with van der Waals surface area (Å²) in [5.74, 6) is -0.609. The predicted molar refractivity (Wildman–Crippen MR) is 103 cm³/mol. The van der Waals surface area contributed by atoms with E-state index in [-0.39, 0.29) is 17.3 Å². The highest BCUT2D eigenvalue weighted by atomic mass is 35.5. The number of para-hydroxylation sites is 1. The molecule has 0 aliphatic carbocycles. The number of piperidine rings is 1. The molecule has 1 atom stereocenters. The highest BCUT2D eigenvalue weighted by Gasteiger charge is 2.33. The maximum atomic E-state index is 12.9. The molecule has 0 spiro atoms. The van der Waals surface area contributed by atoms with E-state index in [1.807, 2.05) is 6.92 Å². The molecule has 3 rings (SSSR count). The molecule has 26 heavy (non-hydrogen) atoms. The lowest BCUT2D eigenvalue weighted by atomic mass is 9.99. The molecule has 5 nitrogen and oxygen atoms in total. The van der Waals surface area contributed by atoms with Crippen LogP contribution in [-0.4, -0.2) is 31.7 Å². The maximum absolute atomic E-state index is 12.9. The topological polar surface area (TPSA) is 66.5 Å². The Morgan fingerprint density at radius 3 is 2.54 bits per heavy atom. The number of nitrogens with one attached hydrogen (secondary N) is 1. The van der Waals surface area contributed by atoms with Crippen molar-refractivity contribution < 1.29 is 13.2 Å². The number of hydrogen-bond donors (Lipinski definition) is 1. The highest BCUT2D eigenvalue weighted by molar-refractivity contribution is 7.89. The Labute approximate surface area is 159 Å². The van der Waals surface area contributed by atoms with Gasteiger partial charge in [0, 0.05) is 13.1 Å². The van der Waals surface area contributed by atoms with Crippen LogP contribution in [0.25, 0.3) is 0 Å². The van der Waals surface area contributed by atoms with Gasteiger partial charge in [0.2, 0.25) is 15.9 Å². The van der Waals surface area contributed by atoms with Gasteiger partial charge in [-0.15, -0.1) is 0 Å². The number of carbonyl (C=O) groups is 1. The molecule has 7 heteroatoms. The summed E-state index contributed by atoms with van der Waals surface area (Å²) in [6, 6.07) is 13.8. The molecule has 138 valence electrons. The van der Waals surface area contributed by atoms with Gasteiger partial charge in [0.05, 0.1) is 21.5 Å². The van der Waals surface area contributed by atoms with Gasteiger partial charge in [-0.2, -0.15) is 4.31 Å². The predicted octanol–water partition coefficient (Wildman–Crippen LogP) is 3.69. The van der Waals surface area contributed by atoms with Gasteiger partial charge in [-0.3, -0.25) is 4.79 Å². The summed E-state index contributed by atoms with van der Waals surface area (Å²) in [7, 11) is -3.60. The summed E-state index contributed by atoms with van der Waals surface area (Å²) in [5.41, 5.74) is 1.54. The molecule has 1 aliphatic rings. The van der Waals surface area contributed by atoms with E-state index in [0.29, 0.717) is 30.1 Å². The Morgan fingerprint density at radius 1 is 1.15 bits per heavy atom. The number of rotatable bonds is 4. The molecule has 1 fully saturated rings. The fourth-order valence-electron chi connectivity index (χ4n) is 3.03. The van der Waals surface area contributed by atoms with Crippen LogP contribution in [0.4, 0.5) is 5.69 Å². The van der Waals surface area contributed by atoms with Gasteiger partial charge in [0.1, 0.15) is 0 Å². The van der Waals surface area contributed by atoms with Crippen molar-refractivity contribution in [1.82, 2.24) is 4.31 Å². The standard InChI is InChI=1S/C19H21ClN2O3S/c1-14-8-10-16(11-9-14)26(24,25)22-12-4-5-15(13-22)19(23)21-18-7-3-2-6-17(18)20/h2-3,6-11,15H,4-5,12-13H2,1H3,(H,21,23). The Morgan fingerprint density at radius 2 is 1.85 bits per heavy atom. The van der Waals surface area contributed by atoms with E-state index in [1.165, 1.54) is 4.31 Å². The minimum Gasteiger partial charge on any atom is -0.324 e. The monoisotopic (exact) mass is 392 g/mol. The largest absolute Gasteiger partial charge is 0.324 e. The lowest BCUT2D eigenvalue weighted by Crippen LogP contribution is -2.43. The Balaban J connectivity index is 1.73. The molecule has 1 aliphatic heterocycles. The van der Waals surface area contributed by atoms with Crippen LogP contribution in [0, 0.1) is 12.8 Å². The van der Waals surface area contributed by atoms with Crippen LogP contribution in [-0.2, 0) is 14.8 Å². The normalized spacial score (nSPS) is 18.5. The van der Waals surface area contributed by atoms with Crippen LogP contribution < -0.4 is 5.32 Å². The zero-order valence-corrected chi connectivity index (χ0v) is 16.1. The van der Waals surface area contributed by atoms with Crippen molar-refractivity contribution in [3.63, 3.8) is 0 Å². The number of nitrogens with zero attached hydrogens (tertiary/aromatic N) is 1. The SMILES string of the molecule is Cc1ccc(S(=O)(=O)N2CCCC(C(=O)Nc3ccccc3Cl)C2)cc1. The van der Waals surface area contributed by atoms with E-state index in [1.54, 1.807) is 48.5 Å². The van der Waals surface area contributed by atoms with E-state index in [0.717, 1.165) is 5.56 Å². The van der Waals surface area contributed by atoms with Gasteiger partial charge in [-0.25, -0.2) is 8.42 Å². The quantitative estimate of drug-likeness (QED) is 0.862. The number of aryl methyl sites for hydroxylation is 1. The highest BCUT2D eigenvalue weighted by Crippen LogP contribution is 2.26. The molecule has 1 saturated heterocycles. The molecule has 1 N–H and O–H groups in total. The van der Waals surface area contributed by atoms with Crippen LogP contribution in [0.2, 0.25) is 5.02 Å². The fourth-order valence-corrected chi connectivity index (χ4v) is 4.74. The zero-order valence-electron chi connectivity index (χ0n) is 14.5. The summed E-state index contributed by atoms with van der Waals surface area (Å²) < 4.78 is 27.1. The Hall–Kier alpha value is -1.89. The smallest absolute Gasteiger partial charge is 0.243 e. The number of benzene rings is 2. The van der Waals surface area contributed by atoms with Crippen LogP contribution in [0.3, 0.4) is 0 Å². The summed E-state index contributed by atoms with van der Waals surface area (Å²) in [6.45, 7) is 2.50. The van der Waals surface area contributed by atoms with E-state index >= 15 is 0 Å². The zero-order chi connectivity index (χ0) is 18.7. The lowest BCUT2D eigenvalue weighted by molar-refractivity contribution is -0.120. The number of hydrogen-bond acceptors (Lipinski definition) is 3. The van der Waals surface area contributed by atoms with Crippen molar-refractivity contribution >= 4 is 33.2 Å². The molecule has 2 aromatic carbocycles. The van der Waals surface area contributed by atoms with Crippen molar-refractivity contribution in [3.05, 3.63) is 59.1 Å². The average molecular weight is 393 g/mol. The third-order valence-electron chi connectivity index (χ3n) is 4.55. The molecular weight excluding hydrogens is 372 g/mol. The third kappa shape index (κ3) is 4.09. The van der Waals surface area contributed by atoms with Gasteiger partial charge in [-0.05, 0) is 44.0 Å². The van der Waals surface area contributed by atoms with Gasteiger partial charge < -0.3 is 5.32 Å². The summed E-state index contributed by atoms with van der Waals surface area (Å²) >= 11 is 6.08. The molecule has 0 aromatic heterocycles. The first kappa shape index (κ1) is 18.9. The summed E-state index contributed by atoms with van der Waals surface area (Å²) in [4.78, 5) is 12.8. The van der Waals surface area contributed by atoms with Gasteiger partial charge in [-0.1, -0.05) is 41.4 Å². The molecule has 0 bridgehead atoms. The Kier molecular flexibility index (Phi) is 5.65.